The number of piperidine rings is 1. The van der Waals surface area contributed by atoms with Crippen LogP contribution < -0.4 is 0 Å². The number of hydrogen-bond donors (Lipinski definition) is 0. The Balaban J connectivity index is 1.20. The summed E-state index contributed by atoms with van der Waals surface area (Å²) in [6, 6.07) is 16.0. The highest BCUT2D eigenvalue weighted by Crippen LogP contribution is 2.24. The lowest BCUT2D eigenvalue weighted by molar-refractivity contribution is -0.128. The van der Waals surface area contributed by atoms with E-state index < -0.39 is 0 Å². The number of fused-ring (bicyclic) bond motifs is 1. The number of amides is 2. The SMILES string of the molecule is O=C1CCCN1C[C@@H]1CCCN(C(=O)c2ccc3oc(CCCc4ccccc4)nc3c2)C1. The zero-order valence-corrected chi connectivity index (χ0v) is 19.0. The Morgan fingerprint density at radius 3 is 2.76 bits per heavy atom. The van der Waals surface area contributed by atoms with Gasteiger partial charge in [0.15, 0.2) is 11.5 Å². The van der Waals surface area contributed by atoms with Crippen LogP contribution in [-0.4, -0.2) is 52.8 Å². The topological polar surface area (TPSA) is 66.7 Å². The van der Waals surface area contributed by atoms with Crippen molar-refractivity contribution in [2.24, 2.45) is 5.92 Å². The number of aromatic nitrogens is 1. The van der Waals surface area contributed by atoms with Crippen molar-refractivity contribution in [1.82, 2.24) is 14.8 Å². The van der Waals surface area contributed by atoms with Crippen LogP contribution in [0, 0.1) is 5.92 Å². The Labute approximate surface area is 194 Å². The normalized spacial score (nSPS) is 18.9. The molecule has 2 aliphatic heterocycles. The lowest BCUT2D eigenvalue weighted by Gasteiger charge is -2.34. The van der Waals surface area contributed by atoms with Crippen LogP contribution in [0.1, 0.15) is 53.9 Å². The first-order valence-electron chi connectivity index (χ1n) is 12.2. The Morgan fingerprint density at radius 2 is 1.94 bits per heavy atom. The first-order valence-corrected chi connectivity index (χ1v) is 12.2. The predicted octanol–water partition coefficient (Wildman–Crippen LogP) is 4.48. The molecule has 2 fully saturated rings. The fraction of sp³-hybridized carbons (Fsp3) is 0.444. The minimum atomic E-state index is 0.0444. The number of benzene rings is 2. The van der Waals surface area contributed by atoms with Gasteiger partial charge in [-0.05, 0) is 61.8 Å². The third kappa shape index (κ3) is 5.10. The van der Waals surface area contributed by atoms with Gasteiger partial charge in [-0.15, -0.1) is 0 Å². The van der Waals surface area contributed by atoms with Crippen LogP contribution in [0.2, 0.25) is 0 Å². The van der Waals surface area contributed by atoms with E-state index in [1.807, 2.05) is 34.1 Å². The molecule has 1 aromatic heterocycles. The van der Waals surface area contributed by atoms with Crippen LogP contribution in [0.4, 0.5) is 0 Å². The summed E-state index contributed by atoms with van der Waals surface area (Å²) in [5.41, 5.74) is 3.44. The number of carbonyl (C=O) groups is 2. The summed E-state index contributed by atoms with van der Waals surface area (Å²) in [6.45, 7) is 3.12. The van der Waals surface area contributed by atoms with Crippen LogP contribution in [0.25, 0.3) is 11.1 Å². The monoisotopic (exact) mass is 445 g/mol. The summed E-state index contributed by atoms with van der Waals surface area (Å²) in [5, 5.41) is 0. The summed E-state index contributed by atoms with van der Waals surface area (Å²) in [5.74, 6) is 1.38. The first-order chi connectivity index (χ1) is 16.2. The molecular weight excluding hydrogens is 414 g/mol. The molecule has 1 atom stereocenters. The molecule has 0 unspecified atom stereocenters. The van der Waals surface area contributed by atoms with Crippen LogP contribution in [0.5, 0.6) is 0 Å². The fourth-order valence-electron chi connectivity index (χ4n) is 5.09. The molecule has 3 aromatic rings. The maximum atomic E-state index is 13.2. The predicted molar refractivity (Wildman–Crippen MR) is 127 cm³/mol. The van der Waals surface area contributed by atoms with E-state index in [0.717, 1.165) is 75.1 Å². The van der Waals surface area contributed by atoms with E-state index in [2.05, 4.69) is 29.2 Å². The van der Waals surface area contributed by atoms with Crippen molar-refractivity contribution in [2.75, 3.05) is 26.2 Å². The van der Waals surface area contributed by atoms with E-state index in [-0.39, 0.29) is 11.8 Å². The van der Waals surface area contributed by atoms with Gasteiger partial charge in [-0.3, -0.25) is 9.59 Å². The molecule has 3 heterocycles. The quantitative estimate of drug-likeness (QED) is 0.538. The van der Waals surface area contributed by atoms with Crippen molar-refractivity contribution in [2.45, 2.75) is 44.9 Å². The van der Waals surface area contributed by atoms with Crippen molar-refractivity contribution >= 4 is 22.9 Å². The van der Waals surface area contributed by atoms with Crippen LogP contribution in [0.15, 0.2) is 52.9 Å². The third-order valence-corrected chi connectivity index (χ3v) is 6.83. The Kier molecular flexibility index (Phi) is 6.42. The lowest BCUT2D eigenvalue weighted by atomic mass is 9.96. The number of rotatable bonds is 7. The molecule has 2 saturated heterocycles. The van der Waals surface area contributed by atoms with E-state index in [1.54, 1.807) is 0 Å². The minimum absolute atomic E-state index is 0.0444. The molecule has 0 N–H and O–H groups in total. The first kappa shape index (κ1) is 21.7. The molecule has 0 bridgehead atoms. The average Bonchev–Trinajstić information content (AvgIpc) is 3.44. The second-order valence-corrected chi connectivity index (χ2v) is 9.33. The Hall–Kier alpha value is -3.15. The zero-order valence-electron chi connectivity index (χ0n) is 19.0. The molecule has 2 aliphatic rings. The van der Waals surface area contributed by atoms with E-state index in [4.69, 9.17) is 4.42 Å². The second kappa shape index (κ2) is 9.77. The van der Waals surface area contributed by atoms with Crippen molar-refractivity contribution in [1.29, 1.82) is 0 Å². The van der Waals surface area contributed by atoms with Gasteiger partial charge in [0.25, 0.3) is 5.91 Å². The Bertz CT molecular complexity index is 1120. The summed E-state index contributed by atoms with van der Waals surface area (Å²) in [4.78, 5) is 33.7. The molecule has 33 heavy (non-hydrogen) atoms. The van der Waals surface area contributed by atoms with E-state index in [9.17, 15) is 9.59 Å². The maximum absolute atomic E-state index is 13.2. The van der Waals surface area contributed by atoms with Gasteiger partial charge >= 0.3 is 0 Å². The highest BCUT2D eigenvalue weighted by Gasteiger charge is 2.29. The average molecular weight is 446 g/mol. The standard InChI is InChI=1S/C27H31N3O3/c31-26-12-6-15-29(26)18-21-10-5-16-30(19-21)27(32)22-13-14-24-23(17-22)28-25(33-24)11-4-9-20-7-2-1-3-8-20/h1-3,7-8,13-14,17,21H,4-6,9-12,15-16,18-19H2/t21-/m0/s1. The molecule has 0 spiro atoms. The fourth-order valence-corrected chi connectivity index (χ4v) is 5.09. The molecule has 5 rings (SSSR count). The van der Waals surface area contributed by atoms with Crippen molar-refractivity contribution in [3.05, 3.63) is 65.5 Å². The van der Waals surface area contributed by atoms with Gasteiger partial charge in [-0.25, -0.2) is 4.98 Å². The van der Waals surface area contributed by atoms with Crippen LogP contribution in [-0.2, 0) is 17.6 Å². The van der Waals surface area contributed by atoms with Gasteiger partial charge in [-0.2, -0.15) is 0 Å². The highest BCUT2D eigenvalue weighted by molar-refractivity contribution is 5.97. The van der Waals surface area contributed by atoms with Crippen LogP contribution >= 0.6 is 0 Å². The maximum Gasteiger partial charge on any atom is 0.253 e. The van der Waals surface area contributed by atoms with Crippen molar-refractivity contribution < 1.29 is 14.0 Å². The largest absolute Gasteiger partial charge is 0.441 e. The van der Waals surface area contributed by atoms with Crippen molar-refractivity contribution in [3.8, 4) is 0 Å². The molecule has 6 nitrogen and oxygen atoms in total. The van der Waals surface area contributed by atoms with Gasteiger partial charge in [0.2, 0.25) is 5.91 Å². The van der Waals surface area contributed by atoms with Gasteiger partial charge in [0.05, 0.1) is 0 Å². The van der Waals surface area contributed by atoms with Gasteiger partial charge in [0, 0.05) is 44.6 Å². The second-order valence-electron chi connectivity index (χ2n) is 9.33. The summed E-state index contributed by atoms with van der Waals surface area (Å²) >= 11 is 0. The third-order valence-electron chi connectivity index (χ3n) is 6.83. The number of nitrogens with zero attached hydrogens (tertiary/aromatic N) is 3. The molecule has 2 aromatic carbocycles. The van der Waals surface area contributed by atoms with Crippen molar-refractivity contribution in [3.63, 3.8) is 0 Å². The number of likely N-dealkylation sites (tertiary alicyclic amines) is 2. The van der Waals surface area contributed by atoms with Gasteiger partial charge < -0.3 is 14.2 Å². The molecule has 172 valence electrons. The van der Waals surface area contributed by atoms with Crippen LogP contribution in [0.3, 0.4) is 0 Å². The number of carbonyl (C=O) groups excluding carboxylic acids is 2. The van der Waals surface area contributed by atoms with Gasteiger partial charge in [-0.1, -0.05) is 30.3 Å². The molecular formula is C27H31N3O3. The number of aryl methyl sites for hydroxylation is 2. The minimum Gasteiger partial charge on any atom is -0.441 e. The molecule has 2 amide bonds. The molecule has 6 heteroatoms. The van der Waals surface area contributed by atoms with E-state index in [1.165, 1.54) is 5.56 Å². The Morgan fingerprint density at radius 1 is 1.06 bits per heavy atom. The smallest absolute Gasteiger partial charge is 0.253 e. The van der Waals surface area contributed by atoms with E-state index in [0.29, 0.717) is 24.4 Å². The summed E-state index contributed by atoms with van der Waals surface area (Å²) in [7, 11) is 0. The zero-order chi connectivity index (χ0) is 22.6. The lowest BCUT2D eigenvalue weighted by Crippen LogP contribution is -2.44. The number of oxazole rings is 1. The van der Waals surface area contributed by atoms with Gasteiger partial charge in [0.1, 0.15) is 5.52 Å². The molecule has 0 saturated carbocycles. The molecule has 0 radical (unpaired) electrons. The summed E-state index contributed by atoms with van der Waals surface area (Å²) in [6.07, 6.45) is 6.41. The summed E-state index contributed by atoms with van der Waals surface area (Å²) < 4.78 is 5.91. The van der Waals surface area contributed by atoms with E-state index >= 15 is 0 Å². The number of hydrogen-bond acceptors (Lipinski definition) is 4. The highest BCUT2D eigenvalue weighted by atomic mass is 16.3. The molecule has 0 aliphatic carbocycles.